The summed E-state index contributed by atoms with van der Waals surface area (Å²) in [6.07, 6.45) is 5.85. The van der Waals surface area contributed by atoms with Crippen molar-refractivity contribution in [2.24, 2.45) is 5.92 Å². The van der Waals surface area contributed by atoms with Gasteiger partial charge in [-0.25, -0.2) is 4.79 Å². The quantitative estimate of drug-likeness (QED) is 0.564. The number of quaternary nitrogens is 1. The van der Waals surface area contributed by atoms with Gasteiger partial charge in [-0.3, -0.25) is 4.48 Å². The number of likely N-dealkylation sites (N-methyl/N-ethyl adjacent to an activating group) is 1. The molecule has 0 aromatic rings. The molecule has 4 heteroatoms. The Labute approximate surface area is 114 Å². The van der Waals surface area contributed by atoms with Crippen molar-refractivity contribution in [3.05, 3.63) is 23.8 Å². The maximum absolute atomic E-state index is 12.8. The monoisotopic (exact) mass is 266 g/mol. The predicted molar refractivity (Wildman–Crippen MR) is 75.3 cm³/mol. The molecule has 0 aromatic heterocycles. The number of nitrogens with zero attached hydrogens (tertiary/aromatic N) is 1. The average molecular weight is 266 g/mol. The van der Waals surface area contributed by atoms with E-state index >= 15 is 0 Å². The smallest absolute Gasteiger partial charge is 0.347 e. The van der Waals surface area contributed by atoms with Crippen LogP contribution < -0.4 is 0 Å². The van der Waals surface area contributed by atoms with Crippen LogP contribution in [0.4, 0.5) is 0 Å². The lowest BCUT2D eigenvalue weighted by atomic mass is 9.94. The van der Waals surface area contributed by atoms with Gasteiger partial charge in [-0.15, -0.1) is 0 Å². The van der Waals surface area contributed by atoms with Gasteiger partial charge >= 0.3 is 5.91 Å². The number of thiocarbonyl (C=S) groups is 1. The third-order valence-corrected chi connectivity index (χ3v) is 4.53. The van der Waals surface area contributed by atoms with Crippen LogP contribution in [0, 0.1) is 5.92 Å². The summed E-state index contributed by atoms with van der Waals surface area (Å²) in [6.45, 7) is 7.74. The van der Waals surface area contributed by atoms with Crippen LogP contribution in [0.1, 0.15) is 13.8 Å². The molecule has 1 saturated heterocycles. The number of hydrogen-bond donors (Lipinski definition) is 0. The minimum Gasteiger partial charge on any atom is -0.370 e. The number of amides is 1. The lowest BCUT2D eigenvalue weighted by Gasteiger charge is -2.38. The second kappa shape index (κ2) is 5.43. The molecule has 3 nitrogen and oxygen atoms in total. The van der Waals surface area contributed by atoms with Gasteiger partial charge in [0.15, 0.2) is 0 Å². The summed E-state index contributed by atoms with van der Waals surface area (Å²) >= 11 is 5.41. The van der Waals surface area contributed by atoms with Crippen molar-refractivity contribution in [2.45, 2.75) is 13.8 Å². The second-order valence-corrected chi connectivity index (χ2v) is 5.38. The third kappa shape index (κ3) is 2.32. The van der Waals surface area contributed by atoms with E-state index in [0.29, 0.717) is 17.7 Å². The van der Waals surface area contributed by atoms with Crippen LogP contribution in [0.3, 0.4) is 0 Å². The molecule has 1 unspecified atom stereocenters. The van der Waals surface area contributed by atoms with E-state index in [2.05, 4.69) is 6.92 Å². The van der Waals surface area contributed by atoms with Crippen LogP contribution in [0.5, 0.6) is 0 Å². The molecule has 0 aromatic carbocycles. The molecule has 0 radical (unpaired) electrons. The van der Waals surface area contributed by atoms with Crippen molar-refractivity contribution in [3.8, 4) is 0 Å². The molecule has 1 atom stereocenters. The molecular weight excluding hydrogens is 246 g/mol. The zero-order valence-electron chi connectivity index (χ0n) is 11.0. The number of rotatable bonds is 2. The van der Waals surface area contributed by atoms with Gasteiger partial charge in [0, 0.05) is 10.8 Å². The van der Waals surface area contributed by atoms with E-state index in [0.717, 1.165) is 30.1 Å². The Morgan fingerprint density at radius 2 is 2.17 bits per heavy atom. The molecule has 98 valence electrons. The standard InChI is InChI=1S/C14H20NO2S/c1-3-15(7-9-17-10-8-15)14(16)12-6-4-5-11(2)13(12)18/h4-6,11H,3,7-10H2,1-2H3/q+1. The maximum atomic E-state index is 12.8. The van der Waals surface area contributed by atoms with E-state index in [1.807, 2.05) is 25.2 Å². The number of carbonyl (C=O) groups is 1. The first-order valence-corrected chi connectivity index (χ1v) is 6.93. The fraction of sp³-hybridized carbons (Fsp3) is 0.571. The summed E-state index contributed by atoms with van der Waals surface area (Å²) in [5, 5.41) is 0. The number of morpholine rings is 1. The Morgan fingerprint density at radius 1 is 1.50 bits per heavy atom. The third-order valence-electron chi connectivity index (χ3n) is 3.94. The first kappa shape index (κ1) is 13.6. The maximum Gasteiger partial charge on any atom is 0.347 e. The fourth-order valence-corrected chi connectivity index (χ4v) is 2.75. The number of hydrogen-bond acceptors (Lipinski definition) is 3. The largest absolute Gasteiger partial charge is 0.370 e. The summed E-state index contributed by atoms with van der Waals surface area (Å²) in [6, 6.07) is 0. The molecule has 0 bridgehead atoms. The van der Waals surface area contributed by atoms with Crippen LogP contribution in [0.25, 0.3) is 0 Å². The van der Waals surface area contributed by atoms with E-state index in [9.17, 15) is 4.79 Å². The van der Waals surface area contributed by atoms with Crippen LogP contribution in [-0.2, 0) is 9.53 Å². The van der Waals surface area contributed by atoms with Crippen molar-refractivity contribution in [3.63, 3.8) is 0 Å². The summed E-state index contributed by atoms with van der Waals surface area (Å²) in [7, 11) is 0. The van der Waals surface area contributed by atoms with Crippen molar-refractivity contribution >= 4 is 23.0 Å². The lowest BCUT2D eigenvalue weighted by molar-refractivity contribution is -0.859. The van der Waals surface area contributed by atoms with Crippen LogP contribution in [0.2, 0.25) is 0 Å². The number of ether oxygens (including phenoxy) is 1. The molecule has 1 heterocycles. The average Bonchev–Trinajstić information content (AvgIpc) is 2.42. The molecule has 1 aliphatic carbocycles. The molecular formula is C14H20NO2S+. The Balaban J connectivity index is 2.27. The number of carbonyl (C=O) groups excluding carboxylic acids is 1. The fourth-order valence-electron chi connectivity index (χ4n) is 2.52. The van der Waals surface area contributed by atoms with Gasteiger partial charge in [-0.05, 0) is 13.0 Å². The molecule has 1 amide bonds. The van der Waals surface area contributed by atoms with Gasteiger partial charge in [0.05, 0.1) is 25.3 Å². The highest BCUT2D eigenvalue weighted by Gasteiger charge is 2.40. The van der Waals surface area contributed by atoms with E-state index in [1.165, 1.54) is 0 Å². The lowest BCUT2D eigenvalue weighted by Crippen LogP contribution is -2.59. The van der Waals surface area contributed by atoms with Crippen molar-refractivity contribution in [1.82, 2.24) is 0 Å². The van der Waals surface area contributed by atoms with E-state index in [-0.39, 0.29) is 11.8 Å². The van der Waals surface area contributed by atoms with Gasteiger partial charge in [-0.1, -0.05) is 31.3 Å². The predicted octanol–water partition coefficient (Wildman–Crippen LogP) is 1.88. The highest BCUT2D eigenvalue weighted by Crippen LogP contribution is 2.23. The van der Waals surface area contributed by atoms with E-state index < -0.39 is 0 Å². The zero-order chi connectivity index (χ0) is 13.2. The van der Waals surface area contributed by atoms with Gasteiger partial charge in [-0.2, -0.15) is 0 Å². The molecule has 0 saturated carbocycles. The van der Waals surface area contributed by atoms with Crippen LogP contribution >= 0.6 is 12.2 Å². The molecule has 2 aliphatic rings. The summed E-state index contributed by atoms with van der Waals surface area (Å²) < 4.78 is 5.86. The van der Waals surface area contributed by atoms with Crippen LogP contribution in [-0.4, -0.2) is 48.1 Å². The topological polar surface area (TPSA) is 26.3 Å². The Hall–Kier alpha value is -0.840. The summed E-state index contributed by atoms with van der Waals surface area (Å²) in [4.78, 5) is 13.6. The Morgan fingerprint density at radius 3 is 2.78 bits per heavy atom. The van der Waals surface area contributed by atoms with E-state index in [4.69, 9.17) is 17.0 Å². The summed E-state index contributed by atoms with van der Waals surface area (Å²) in [5.74, 6) is 0.351. The highest BCUT2D eigenvalue weighted by molar-refractivity contribution is 7.81. The van der Waals surface area contributed by atoms with Crippen molar-refractivity contribution in [2.75, 3.05) is 32.8 Å². The molecule has 2 rings (SSSR count). The second-order valence-electron chi connectivity index (χ2n) is 4.94. The normalized spacial score (nSPS) is 26.9. The highest BCUT2D eigenvalue weighted by atomic mass is 32.1. The van der Waals surface area contributed by atoms with Crippen molar-refractivity contribution < 1.29 is 14.0 Å². The van der Waals surface area contributed by atoms with Gasteiger partial charge in [0.2, 0.25) is 0 Å². The first-order valence-electron chi connectivity index (χ1n) is 6.52. The van der Waals surface area contributed by atoms with Gasteiger partial charge in [0.25, 0.3) is 0 Å². The molecule has 1 fully saturated rings. The molecule has 0 N–H and O–H groups in total. The van der Waals surface area contributed by atoms with Gasteiger partial charge < -0.3 is 4.74 Å². The molecule has 1 aliphatic heterocycles. The molecule has 0 spiro atoms. The summed E-state index contributed by atoms with van der Waals surface area (Å²) in [5.41, 5.74) is 0.726. The minimum absolute atomic E-state index is 0.169. The van der Waals surface area contributed by atoms with E-state index in [1.54, 1.807) is 0 Å². The number of allylic oxidation sites excluding steroid dienone is 3. The minimum atomic E-state index is 0.169. The van der Waals surface area contributed by atoms with Crippen molar-refractivity contribution in [1.29, 1.82) is 0 Å². The Kier molecular flexibility index (Phi) is 4.10. The molecule has 18 heavy (non-hydrogen) atoms. The SMILES string of the molecule is CC[N+]1(C(=O)C2=CC=CC(C)C2=S)CCOCC1. The van der Waals surface area contributed by atoms with Crippen LogP contribution in [0.15, 0.2) is 23.8 Å². The van der Waals surface area contributed by atoms with Gasteiger partial charge in [0.1, 0.15) is 13.1 Å². The Bertz CT molecular complexity index is 420. The first-order chi connectivity index (χ1) is 8.60. The zero-order valence-corrected chi connectivity index (χ0v) is 11.8.